The molecule has 0 amide bonds. The van der Waals surface area contributed by atoms with Crippen molar-refractivity contribution in [2.24, 2.45) is 0 Å². The van der Waals surface area contributed by atoms with Gasteiger partial charge in [-0.25, -0.2) is 0 Å². The Morgan fingerprint density at radius 2 is 2.38 bits per heavy atom. The fourth-order valence-electron chi connectivity index (χ4n) is 1.90. The first-order chi connectivity index (χ1) is 7.85. The highest BCUT2D eigenvalue weighted by Gasteiger charge is 2.20. The van der Waals surface area contributed by atoms with E-state index in [0.29, 0.717) is 0 Å². The number of nitrogens with zero attached hydrogens (tertiary/aromatic N) is 2. The lowest BCUT2D eigenvalue weighted by Gasteiger charge is -2.08. The summed E-state index contributed by atoms with van der Waals surface area (Å²) in [6.45, 7) is 4.17. The van der Waals surface area contributed by atoms with E-state index in [-0.39, 0.29) is 0 Å². The fourth-order valence-corrected chi connectivity index (χ4v) is 1.90. The summed E-state index contributed by atoms with van der Waals surface area (Å²) in [6.07, 6.45) is 6.60. The molecule has 1 aliphatic rings. The van der Waals surface area contributed by atoms with Crippen LogP contribution in [-0.2, 0) is 13.0 Å². The van der Waals surface area contributed by atoms with Gasteiger partial charge in [0.15, 0.2) is 5.75 Å². The summed E-state index contributed by atoms with van der Waals surface area (Å²) < 4.78 is 7.40. The molecule has 4 nitrogen and oxygen atoms in total. The highest BCUT2D eigenvalue weighted by molar-refractivity contribution is 5.25. The highest BCUT2D eigenvalue weighted by atomic mass is 16.5. The van der Waals surface area contributed by atoms with Gasteiger partial charge in [-0.05, 0) is 19.3 Å². The third-order valence-electron chi connectivity index (χ3n) is 2.94. The Morgan fingerprint density at radius 3 is 3.00 bits per heavy atom. The van der Waals surface area contributed by atoms with Gasteiger partial charge in [0.25, 0.3) is 0 Å². The zero-order valence-corrected chi connectivity index (χ0v) is 10.2. The number of rotatable bonds is 7. The molecule has 1 heterocycles. The molecule has 0 aromatic carbocycles. The number of aryl methyl sites for hydroxylation is 1. The summed E-state index contributed by atoms with van der Waals surface area (Å²) >= 11 is 0. The van der Waals surface area contributed by atoms with Crippen molar-refractivity contribution in [3.05, 3.63) is 11.9 Å². The predicted molar refractivity (Wildman–Crippen MR) is 63.8 cm³/mol. The average molecular weight is 223 g/mol. The van der Waals surface area contributed by atoms with Crippen LogP contribution in [0.1, 0.15) is 31.9 Å². The van der Waals surface area contributed by atoms with Gasteiger partial charge in [0.05, 0.1) is 19.0 Å². The Bertz CT molecular complexity index is 331. The van der Waals surface area contributed by atoms with Crippen LogP contribution in [0.15, 0.2) is 6.20 Å². The quantitative estimate of drug-likeness (QED) is 0.763. The molecule has 0 aliphatic heterocycles. The van der Waals surface area contributed by atoms with Crippen LogP contribution in [-0.4, -0.2) is 29.5 Å². The maximum absolute atomic E-state index is 5.33. The number of hydrogen-bond donors (Lipinski definition) is 1. The normalized spacial score (nSPS) is 15.4. The lowest BCUT2D eigenvalue weighted by atomic mass is 10.3. The molecule has 1 fully saturated rings. The number of methoxy groups -OCH3 is 1. The van der Waals surface area contributed by atoms with Gasteiger partial charge in [0.1, 0.15) is 0 Å². The van der Waals surface area contributed by atoms with Crippen LogP contribution in [0.3, 0.4) is 0 Å². The second-order valence-corrected chi connectivity index (χ2v) is 4.36. The second-order valence-electron chi connectivity index (χ2n) is 4.36. The molecular weight excluding hydrogens is 202 g/mol. The number of ether oxygens (including phenoxy) is 1. The van der Waals surface area contributed by atoms with E-state index in [1.165, 1.54) is 18.5 Å². The van der Waals surface area contributed by atoms with Crippen molar-refractivity contribution in [1.29, 1.82) is 0 Å². The maximum atomic E-state index is 5.33. The fraction of sp³-hybridized carbons (Fsp3) is 0.750. The van der Waals surface area contributed by atoms with E-state index >= 15 is 0 Å². The predicted octanol–water partition coefficient (Wildman–Crippen LogP) is 1.60. The molecule has 0 atom stereocenters. The van der Waals surface area contributed by atoms with Crippen molar-refractivity contribution in [2.75, 3.05) is 13.7 Å². The van der Waals surface area contributed by atoms with Crippen LogP contribution in [0.2, 0.25) is 0 Å². The largest absolute Gasteiger partial charge is 0.493 e. The minimum atomic E-state index is 0.772. The lowest BCUT2D eigenvalue weighted by Crippen LogP contribution is -2.21. The van der Waals surface area contributed by atoms with Crippen LogP contribution >= 0.6 is 0 Å². The Kier molecular flexibility index (Phi) is 3.83. The molecule has 0 radical (unpaired) electrons. The molecule has 0 saturated heterocycles. The molecule has 1 saturated carbocycles. The number of nitrogens with one attached hydrogen (secondary N) is 1. The van der Waals surface area contributed by atoms with Gasteiger partial charge in [-0.3, -0.25) is 4.68 Å². The summed E-state index contributed by atoms with van der Waals surface area (Å²) in [5.74, 6) is 0.922. The molecule has 0 bridgehead atoms. The molecule has 1 aromatic rings. The van der Waals surface area contributed by atoms with Gasteiger partial charge in [-0.15, -0.1) is 0 Å². The minimum absolute atomic E-state index is 0.772. The Hall–Kier alpha value is -1.03. The molecule has 1 aliphatic carbocycles. The molecular formula is C12H21N3O. The first kappa shape index (κ1) is 11.5. The van der Waals surface area contributed by atoms with Crippen molar-refractivity contribution in [2.45, 2.75) is 45.2 Å². The van der Waals surface area contributed by atoms with Crippen LogP contribution in [0.5, 0.6) is 5.75 Å². The smallest absolute Gasteiger partial charge is 0.159 e. The first-order valence-corrected chi connectivity index (χ1v) is 6.17. The van der Waals surface area contributed by atoms with Crippen LogP contribution in [0.4, 0.5) is 0 Å². The number of aromatic nitrogens is 2. The Morgan fingerprint density at radius 1 is 1.56 bits per heavy atom. The Balaban J connectivity index is 1.93. The molecule has 1 N–H and O–H groups in total. The zero-order valence-electron chi connectivity index (χ0n) is 10.2. The summed E-state index contributed by atoms with van der Waals surface area (Å²) in [4.78, 5) is 0. The van der Waals surface area contributed by atoms with Gasteiger partial charge in [-0.1, -0.05) is 6.92 Å². The highest BCUT2D eigenvalue weighted by Crippen LogP contribution is 2.20. The van der Waals surface area contributed by atoms with E-state index < -0.39 is 0 Å². The SMILES string of the molecule is CCCn1ncc(OC)c1CCNC1CC1. The monoisotopic (exact) mass is 223 g/mol. The zero-order chi connectivity index (χ0) is 11.4. The molecule has 0 unspecified atom stereocenters. The van der Waals surface area contributed by atoms with Gasteiger partial charge < -0.3 is 10.1 Å². The van der Waals surface area contributed by atoms with E-state index in [1.807, 2.05) is 6.20 Å². The molecule has 1 aromatic heterocycles. The lowest BCUT2D eigenvalue weighted by molar-refractivity contribution is 0.405. The second kappa shape index (κ2) is 5.34. The third kappa shape index (κ3) is 2.76. The summed E-state index contributed by atoms with van der Waals surface area (Å²) in [5, 5.41) is 7.87. The molecule has 90 valence electrons. The van der Waals surface area contributed by atoms with Gasteiger partial charge in [0, 0.05) is 25.6 Å². The average Bonchev–Trinajstić information content (AvgIpc) is 3.03. The third-order valence-corrected chi connectivity index (χ3v) is 2.94. The molecule has 2 rings (SSSR count). The molecule has 0 spiro atoms. The van der Waals surface area contributed by atoms with Crippen molar-refractivity contribution in [3.63, 3.8) is 0 Å². The standard InChI is InChI=1S/C12H21N3O/c1-3-8-15-11(12(16-2)9-14-15)6-7-13-10-4-5-10/h9-10,13H,3-8H2,1-2H3. The molecule has 16 heavy (non-hydrogen) atoms. The van der Waals surface area contributed by atoms with E-state index in [0.717, 1.165) is 37.7 Å². The van der Waals surface area contributed by atoms with E-state index in [1.54, 1.807) is 7.11 Å². The van der Waals surface area contributed by atoms with Crippen molar-refractivity contribution >= 4 is 0 Å². The van der Waals surface area contributed by atoms with Crippen LogP contribution in [0.25, 0.3) is 0 Å². The van der Waals surface area contributed by atoms with Gasteiger partial charge in [-0.2, -0.15) is 5.10 Å². The maximum Gasteiger partial charge on any atom is 0.159 e. The van der Waals surface area contributed by atoms with E-state index in [4.69, 9.17) is 4.74 Å². The van der Waals surface area contributed by atoms with Gasteiger partial charge >= 0.3 is 0 Å². The van der Waals surface area contributed by atoms with Crippen molar-refractivity contribution < 1.29 is 4.74 Å². The van der Waals surface area contributed by atoms with Crippen LogP contribution in [0, 0.1) is 0 Å². The first-order valence-electron chi connectivity index (χ1n) is 6.17. The van der Waals surface area contributed by atoms with Gasteiger partial charge in [0.2, 0.25) is 0 Å². The summed E-state index contributed by atoms with van der Waals surface area (Å²) in [5.41, 5.74) is 1.22. The van der Waals surface area contributed by atoms with E-state index in [2.05, 4.69) is 22.0 Å². The van der Waals surface area contributed by atoms with E-state index in [9.17, 15) is 0 Å². The minimum Gasteiger partial charge on any atom is -0.493 e. The summed E-state index contributed by atoms with van der Waals surface area (Å²) in [7, 11) is 1.71. The molecule has 4 heteroatoms. The number of hydrogen-bond acceptors (Lipinski definition) is 3. The van der Waals surface area contributed by atoms with Crippen molar-refractivity contribution in [1.82, 2.24) is 15.1 Å². The Labute approximate surface area is 97.0 Å². The van der Waals surface area contributed by atoms with Crippen LogP contribution < -0.4 is 10.1 Å². The van der Waals surface area contributed by atoms with Crippen molar-refractivity contribution in [3.8, 4) is 5.75 Å². The summed E-state index contributed by atoms with van der Waals surface area (Å²) in [6, 6.07) is 0.772. The topological polar surface area (TPSA) is 39.1 Å².